The van der Waals surface area contributed by atoms with Gasteiger partial charge in [-0.3, -0.25) is 4.79 Å². The van der Waals surface area contributed by atoms with Gasteiger partial charge in [0.1, 0.15) is 6.67 Å². The van der Waals surface area contributed by atoms with Crippen molar-refractivity contribution in [2.75, 3.05) is 27.2 Å². The SMILES string of the molecule is CNC(=O)C1(c2cccc(CF)c2)CCN(C)CC1. The van der Waals surface area contributed by atoms with Crippen molar-refractivity contribution in [3.05, 3.63) is 35.4 Å². The smallest absolute Gasteiger partial charge is 0.230 e. The molecule has 3 nitrogen and oxygen atoms in total. The second-order valence-electron chi connectivity index (χ2n) is 5.30. The van der Waals surface area contributed by atoms with Crippen molar-refractivity contribution in [2.45, 2.75) is 24.9 Å². The molecule has 0 aromatic heterocycles. The largest absolute Gasteiger partial charge is 0.358 e. The first-order valence-corrected chi connectivity index (χ1v) is 6.68. The molecule has 0 atom stereocenters. The summed E-state index contributed by atoms with van der Waals surface area (Å²) in [5.41, 5.74) is 1.07. The molecule has 0 radical (unpaired) electrons. The van der Waals surface area contributed by atoms with Crippen molar-refractivity contribution in [1.29, 1.82) is 0 Å². The van der Waals surface area contributed by atoms with Crippen LogP contribution in [-0.2, 0) is 16.9 Å². The highest BCUT2D eigenvalue weighted by atomic mass is 19.1. The van der Waals surface area contributed by atoms with Crippen molar-refractivity contribution < 1.29 is 9.18 Å². The van der Waals surface area contributed by atoms with Crippen LogP contribution in [0.3, 0.4) is 0 Å². The molecule has 0 unspecified atom stereocenters. The third-order valence-corrected chi connectivity index (χ3v) is 4.14. The van der Waals surface area contributed by atoms with Crippen LogP contribution >= 0.6 is 0 Å². The molecule has 19 heavy (non-hydrogen) atoms. The summed E-state index contributed by atoms with van der Waals surface area (Å²) in [7, 11) is 3.73. The number of halogens is 1. The van der Waals surface area contributed by atoms with Crippen molar-refractivity contribution in [3.63, 3.8) is 0 Å². The lowest BCUT2D eigenvalue weighted by Gasteiger charge is -2.39. The maximum Gasteiger partial charge on any atom is 0.230 e. The lowest BCUT2D eigenvalue weighted by Crippen LogP contribution is -2.50. The fourth-order valence-corrected chi connectivity index (χ4v) is 2.84. The van der Waals surface area contributed by atoms with Gasteiger partial charge in [-0.25, -0.2) is 4.39 Å². The molecule has 0 aliphatic carbocycles. The fraction of sp³-hybridized carbons (Fsp3) is 0.533. The Morgan fingerprint density at radius 3 is 2.68 bits per heavy atom. The molecule has 1 aliphatic heterocycles. The van der Waals surface area contributed by atoms with Crippen LogP contribution in [0.4, 0.5) is 4.39 Å². The molecular formula is C15H21FN2O. The number of hydrogen-bond donors (Lipinski definition) is 1. The first-order valence-electron chi connectivity index (χ1n) is 6.68. The Morgan fingerprint density at radius 2 is 2.11 bits per heavy atom. The summed E-state index contributed by atoms with van der Waals surface area (Å²) >= 11 is 0. The second kappa shape index (κ2) is 5.70. The molecule has 1 aromatic rings. The molecular weight excluding hydrogens is 243 g/mol. The summed E-state index contributed by atoms with van der Waals surface area (Å²) in [6.07, 6.45) is 1.55. The van der Waals surface area contributed by atoms with Crippen LogP contribution in [0, 0.1) is 0 Å². The quantitative estimate of drug-likeness (QED) is 0.904. The van der Waals surface area contributed by atoms with Crippen molar-refractivity contribution >= 4 is 5.91 Å². The Kier molecular flexibility index (Phi) is 4.20. The number of nitrogens with zero attached hydrogens (tertiary/aromatic N) is 1. The molecule has 1 fully saturated rings. The number of nitrogens with one attached hydrogen (secondary N) is 1. The standard InChI is InChI=1S/C15H21FN2O/c1-17-14(19)15(6-8-18(2)9-7-15)13-5-3-4-12(10-13)11-16/h3-5,10H,6-9,11H2,1-2H3,(H,17,19). The van der Waals surface area contributed by atoms with E-state index in [4.69, 9.17) is 0 Å². The maximum absolute atomic E-state index is 12.8. The summed E-state index contributed by atoms with van der Waals surface area (Å²) in [6.45, 7) is 1.28. The van der Waals surface area contributed by atoms with Gasteiger partial charge in [-0.15, -0.1) is 0 Å². The first-order chi connectivity index (χ1) is 9.12. The van der Waals surface area contributed by atoms with E-state index in [2.05, 4.69) is 17.3 Å². The summed E-state index contributed by atoms with van der Waals surface area (Å²) in [4.78, 5) is 14.6. The Bertz CT molecular complexity index is 453. The molecule has 1 N–H and O–H groups in total. The third kappa shape index (κ3) is 2.63. The molecule has 0 saturated carbocycles. The van der Waals surface area contributed by atoms with E-state index in [1.165, 1.54) is 0 Å². The molecule has 104 valence electrons. The monoisotopic (exact) mass is 264 g/mol. The van der Waals surface area contributed by atoms with Gasteiger partial charge in [-0.1, -0.05) is 24.3 Å². The number of amides is 1. The second-order valence-corrected chi connectivity index (χ2v) is 5.30. The Morgan fingerprint density at radius 1 is 1.42 bits per heavy atom. The van der Waals surface area contributed by atoms with Crippen molar-refractivity contribution in [1.82, 2.24) is 10.2 Å². The molecule has 1 heterocycles. The average Bonchev–Trinajstić information content (AvgIpc) is 2.47. The number of carbonyl (C=O) groups excluding carboxylic acids is 1. The minimum Gasteiger partial charge on any atom is -0.358 e. The third-order valence-electron chi connectivity index (χ3n) is 4.14. The number of hydrogen-bond acceptors (Lipinski definition) is 2. The van der Waals surface area contributed by atoms with Gasteiger partial charge in [-0.2, -0.15) is 0 Å². The van der Waals surface area contributed by atoms with Crippen LogP contribution < -0.4 is 5.32 Å². The summed E-state index contributed by atoms with van der Waals surface area (Å²) in [5.74, 6) is 0.0385. The molecule has 1 aromatic carbocycles. The predicted molar refractivity (Wildman–Crippen MR) is 73.7 cm³/mol. The van der Waals surface area contributed by atoms with E-state index in [1.807, 2.05) is 18.2 Å². The van der Waals surface area contributed by atoms with Crippen LogP contribution in [0.1, 0.15) is 24.0 Å². The normalized spacial score (nSPS) is 19.1. The van der Waals surface area contributed by atoms with Gasteiger partial charge in [0, 0.05) is 7.05 Å². The number of carbonyl (C=O) groups is 1. The number of benzene rings is 1. The Balaban J connectivity index is 2.39. The summed E-state index contributed by atoms with van der Waals surface area (Å²) in [5, 5.41) is 2.78. The van der Waals surface area contributed by atoms with Gasteiger partial charge < -0.3 is 10.2 Å². The lowest BCUT2D eigenvalue weighted by atomic mass is 9.71. The van der Waals surface area contributed by atoms with E-state index in [0.717, 1.165) is 31.5 Å². The molecule has 1 saturated heterocycles. The molecule has 0 bridgehead atoms. The van der Waals surface area contributed by atoms with Crippen LogP contribution in [0.25, 0.3) is 0 Å². The maximum atomic E-state index is 12.8. The predicted octanol–water partition coefficient (Wildman–Crippen LogP) is 1.87. The van der Waals surface area contributed by atoms with Gasteiger partial charge in [0.25, 0.3) is 0 Å². The fourth-order valence-electron chi connectivity index (χ4n) is 2.84. The van der Waals surface area contributed by atoms with Gasteiger partial charge in [-0.05, 0) is 44.1 Å². The summed E-state index contributed by atoms with van der Waals surface area (Å²) in [6, 6.07) is 7.38. The van der Waals surface area contributed by atoms with Gasteiger partial charge in [0.2, 0.25) is 5.91 Å². The van der Waals surface area contributed by atoms with Crippen LogP contribution in [0.5, 0.6) is 0 Å². The lowest BCUT2D eigenvalue weighted by molar-refractivity contribution is -0.128. The van der Waals surface area contributed by atoms with Crippen LogP contribution in [0.2, 0.25) is 0 Å². The molecule has 2 rings (SSSR count). The Hall–Kier alpha value is -1.42. The number of alkyl halides is 1. The van der Waals surface area contributed by atoms with E-state index in [-0.39, 0.29) is 5.91 Å². The number of rotatable bonds is 3. The summed E-state index contributed by atoms with van der Waals surface area (Å²) < 4.78 is 12.8. The first kappa shape index (κ1) is 14.0. The zero-order valence-corrected chi connectivity index (χ0v) is 11.6. The molecule has 1 amide bonds. The van der Waals surface area contributed by atoms with Gasteiger partial charge in [0.05, 0.1) is 5.41 Å². The minimum atomic E-state index is -0.507. The van der Waals surface area contributed by atoms with E-state index in [0.29, 0.717) is 5.56 Å². The van der Waals surface area contributed by atoms with E-state index in [9.17, 15) is 9.18 Å². The van der Waals surface area contributed by atoms with E-state index in [1.54, 1.807) is 13.1 Å². The molecule has 4 heteroatoms. The zero-order valence-electron chi connectivity index (χ0n) is 11.6. The minimum absolute atomic E-state index is 0.0385. The van der Waals surface area contributed by atoms with Crippen molar-refractivity contribution in [2.24, 2.45) is 0 Å². The molecule has 0 spiro atoms. The number of likely N-dealkylation sites (tertiary alicyclic amines) is 1. The van der Waals surface area contributed by atoms with Crippen LogP contribution in [-0.4, -0.2) is 38.0 Å². The number of piperidine rings is 1. The van der Waals surface area contributed by atoms with Crippen molar-refractivity contribution in [3.8, 4) is 0 Å². The van der Waals surface area contributed by atoms with Gasteiger partial charge >= 0.3 is 0 Å². The van der Waals surface area contributed by atoms with E-state index >= 15 is 0 Å². The van der Waals surface area contributed by atoms with Gasteiger partial charge in [0.15, 0.2) is 0 Å². The highest BCUT2D eigenvalue weighted by Crippen LogP contribution is 2.36. The topological polar surface area (TPSA) is 32.3 Å². The average molecular weight is 264 g/mol. The molecule has 1 aliphatic rings. The Labute approximate surface area is 113 Å². The van der Waals surface area contributed by atoms with Crippen LogP contribution in [0.15, 0.2) is 24.3 Å². The zero-order chi connectivity index (χ0) is 13.9. The highest BCUT2D eigenvalue weighted by Gasteiger charge is 2.41. The highest BCUT2D eigenvalue weighted by molar-refractivity contribution is 5.88. The van der Waals surface area contributed by atoms with E-state index < -0.39 is 12.1 Å². The number of likely N-dealkylation sites (N-methyl/N-ethyl adjacent to an activating group) is 1.